The first-order valence-electron chi connectivity index (χ1n) is 4.34. The van der Waals surface area contributed by atoms with Crippen molar-refractivity contribution >= 4 is 0 Å². The van der Waals surface area contributed by atoms with Gasteiger partial charge in [-0.2, -0.15) is 0 Å². The Morgan fingerprint density at radius 1 is 1.50 bits per heavy atom. The molecule has 0 saturated carbocycles. The molecule has 1 fully saturated rings. The molecule has 1 rings (SSSR count). The Morgan fingerprint density at radius 3 is 2.50 bits per heavy atom. The van der Waals surface area contributed by atoms with E-state index in [1.807, 2.05) is 6.92 Å². The van der Waals surface area contributed by atoms with Gasteiger partial charge in [0.25, 0.3) is 0 Å². The van der Waals surface area contributed by atoms with Gasteiger partial charge in [0.15, 0.2) is 0 Å². The minimum absolute atomic E-state index is 0.132. The summed E-state index contributed by atoms with van der Waals surface area (Å²) in [6, 6.07) is 0.173. The third-order valence-corrected chi connectivity index (χ3v) is 2.78. The summed E-state index contributed by atoms with van der Waals surface area (Å²) >= 11 is 0. The quantitative estimate of drug-likeness (QED) is 0.468. The highest BCUT2D eigenvalue weighted by atomic mass is 16.5. The molecule has 0 spiro atoms. The third-order valence-electron chi connectivity index (χ3n) is 2.78. The van der Waals surface area contributed by atoms with E-state index in [2.05, 4.69) is 5.43 Å². The average Bonchev–Trinajstić information content (AvgIpc) is 2.17. The molecule has 1 unspecified atom stereocenters. The van der Waals surface area contributed by atoms with Crippen molar-refractivity contribution in [3.05, 3.63) is 0 Å². The normalized spacial score (nSPS) is 25.2. The van der Waals surface area contributed by atoms with Gasteiger partial charge in [-0.25, -0.2) is 0 Å². The van der Waals surface area contributed by atoms with Crippen LogP contribution in [0.25, 0.3) is 0 Å². The molecular formula is C8H18N2O2. The molecule has 1 aliphatic rings. The van der Waals surface area contributed by atoms with Crippen molar-refractivity contribution in [1.82, 2.24) is 5.43 Å². The molecule has 1 saturated heterocycles. The molecule has 0 aromatic rings. The number of ether oxygens (including phenoxy) is 2. The van der Waals surface area contributed by atoms with Crippen LogP contribution in [0, 0.1) is 0 Å². The van der Waals surface area contributed by atoms with Crippen molar-refractivity contribution in [2.45, 2.75) is 31.4 Å². The molecule has 0 aromatic carbocycles. The second kappa shape index (κ2) is 4.18. The van der Waals surface area contributed by atoms with Crippen LogP contribution >= 0.6 is 0 Å². The van der Waals surface area contributed by atoms with E-state index in [9.17, 15) is 0 Å². The number of hydrazine groups is 1. The van der Waals surface area contributed by atoms with Crippen molar-refractivity contribution in [1.29, 1.82) is 0 Å². The zero-order chi connectivity index (χ0) is 9.03. The van der Waals surface area contributed by atoms with Gasteiger partial charge in [-0.3, -0.25) is 11.3 Å². The Balaban J connectivity index is 2.59. The van der Waals surface area contributed by atoms with Crippen LogP contribution in [-0.2, 0) is 9.47 Å². The van der Waals surface area contributed by atoms with E-state index in [0.29, 0.717) is 0 Å². The zero-order valence-corrected chi connectivity index (χ0v) is 7.80. The number of hydrogen-bond donors (Lipinski definition) is 2. The fourth-order valence-corrected chi connectivity index (χ4v) is 1.68. The van der Waals surface area contributed by atoms with E-state index in [1.54, 1.807) is 7.11 Å². The number of rotatable bonds is 3. The second-order valence-corrected chi connectivity index (χ2v) is 3.27. The van der Waals surface area contributed by atoms with Gasteiger partial charge >= 0.3 is 0 Å². The molecule has 3 N–H and O–H groups in total. The summed E-state index contributed by atoms with van der Waals surface area (Å²) in [4.78, 5) is 0. The smallest absolute Gasteiger partial charge is 0.0885 e. The van der Waals surface area contributed by atoms with E-state index in [1.165, 1.54) is 0 Å². The Labute approximate surface area is 73.4 Å². The maximum Gasteiger partial charge on any atom is 0.0885 e. The summed E-state index contributed by atoms with van der Waals surface area (Å²) in [5.74, 6) is 5.39. The van der Waals surface area contributed by atoms with Gasteiger partial charge in [-0.15, -0.1) is 0 Å². The lowest BCUT2D eigenvalue weighted by Crippen LogP contribution is -2.55. The lowest BCUT2D eigenvalue weighted by molar-refractivity contribution is -0.107. The molecule has 72 valence electrons. The molecule has 1 heterocycles. The summed E-state index contributed by atoms with van der Waals surface area (Å²) in [6.07, 6.45) is 1.82. The van der Waals surface area contributed by atoms with Crippen LogP contribution in [0.2, 0.25) is 0 Å². The second-order valence-electron chi connectivity index (χ2n) is 3.27. The summed E-state index contributed by atoms with van der Waals surface area (Å²) < 4.78 is 10.8. The van der Waals surface area contributed by atoms with Crippen LogP contribution in [0.3, 0.4) is 0 Å². The molecule has 1 atom stereocenters. The molecule has 4 nitrogen and oxygen atoms in total. The average molecular weight is 174 g/mol. The number of methoxy groups -OCH3 is 1. The SMILES string of the molecule is COC1(C(C)NN)CCOCC1. The molecule has 1 aliphatic heterocycles. The topological polar surface area (TPSA) is 56.5 Å². The highest BCUT2D eigenvalue weighted by Gasteiger charge is 2.37. The van der Waals surface area contributed by atoms with Crippen LogP contribution < -0.4 is 11.3 Å². The van der Waals surface area contributed by atoms with Gasteiger partial charge in [-0.1, -0.05) is 0 Å². The maximum atomic E-state index is 5.51. The zero-order valence-electron chi connectivity index (χ0n) is 7.80. The molecule has 0 bridgehead atoms. The Bertz CT molecular complexity index is 135. The summed E-state index contributed by atoms with van der Waals surface area (Å²) in [5.41, 5.74) is 2.61. The molecule has 0 aromatic heterocycles. The number of hydrogen-bond acceptors (Lipinski definition) is 4. The monoisotopic (exact) mass is 174 g/mol. The van der Waals surface area contributed by atoms with Crippen LogP contribution in [0.1, 0.15) is 19.8 Å². The van der Waals surface area contributed by atoms with Crippen molar-refractivity contribution in [3.63, 3.8) is 0 Å². The Morgan fingerprint density at radius 2 is 2.08 bits per heavy atom. The van der Waals surface area contributed by atoms with Gasteiger partial charge in [0, 0.05) is 39.2 Å². The molecule has 0 radical (unpaired) electrons. The van der Waals surface area contributed by atoms with Gasteiger partial charge in [-0.05, 0) is 6.92 Å². The first kappa shape index (κ1) is 9.92. The number of nitrogens with two attached hydrogens (primary N) is 1. The first-order chi connectivity index (χ1) is 5.75. The molecule has 12 heavy (non-hydrogen) atoms. The van der Waals surface area contributed by atoms with Crippen molar-refractivity contribution in [2.75, 3.05) is 20.3 Å². The van der Waals surface area contributed by atoms with Crippen LogP contribution in [0.5, 0.6) is 0 Å². The maximum absolute atomic E-state index is 5.51. The van der Waals surface area contributed by atoms with E-state index in [4.69, 9.17) is 15.3 Å². The lowest BCUT2D eigenvalue weighted by Gasteiger charge is -2.40. The first-order valence-corrected chi connectivity index (χ1v) is 4.34. The minimum atomic E-state index is -0.132. The number of nitrogens with one attached hydrogen (secondary N) is 1. The van der Waals surface area contributed by atoms with E-state index >= 15 is 0 Å². The molecular weight excluding hydrogens is 156 g/mol. The lowest BCUT2D eigenvalue weighted by atomic mass is 9.87. The van der Waals surface area contributed by atoms with Crippen LogP contribution in [-0.4, -0.2) is 32.0 Å². The fourth-order valence-electron chi connectivity index (χ4n) is 1.68. The Kier molecular flexibility index (Phi) is 3.46. The van der Waals surface area contributed by atoms with Gasteiger partial charge < -0.3 is 9.47 Å². The fraction of sp³-hybridized carbons (Fsp3) is 1.00. The van der Waals surface area contributed by atoms with E-state index in [0.717, 1.165) is 26.1 Å². The van der Waals surface area contributed by atoms with Crippen molar-refractivity contribution < 1.29 is 9.47 Å². The highest BCUT2D eigenvalue weighted by molar-refractivity contribution is 4.91. The molecule has 0 amide bonds. The predicted molar refractivity (Wildman–Crippen MR) is 46.6 cm³/mol. The van der Waals surface area contributed by atoms with Crippen molar-refractivity contribution in [3.8, 4) is 0 Å². The van der Waals surface area contributed by atoms with E-state index in [-0.39, 0.29) is 11.6 Å². The minimum Gasteiger partial charge on any atom is -0.381 e. The highest BCUT2D eigenvalue weighted by Crippen LogP contribution is 2.27. The summed E-state index contributed by atoms with van der Waals surface area (Å²) in [5, 5.41) is 0. The third kappa shape index (κ3) is 1.77. The van der Waals surface area contributed by atoms with E-state index < -0.39 is 0 Å². The Hall–Kier alpha value is -0.160. The van der Waals surface area contributed by atoms with Crippen LogP contribution in [0.15, 0.2) is 0 Å². The molecule has 0 aliphatic carbocycles. The summed E-state index contributed by atoms with van der Waals surface area (Å²) in [7, 11) is 1.74. The summed E-state index contributed by atoms with van der Waals surface area (Å²) in [6.45, 7) is 3.56. The van der Waals surface area contributed by atoms with Crippen LogP contribution in [0.4, 0.5) is 0 Å². The predicted octanol–water partition coefficient (Wildman–Crippen LogP) is 0.0338. The van der Waals surface area contributed by atoms with Gasteiger partial charge in [0.1, 0.15) is 0 Å². The standard InChI is InChI=1S/C8H18N2O2/c1-7(10-9)8(11-2)3-5-12-6-4-8/h7,10H,3-6,9H2,1-2H3. The van der Waals surface area contributed by atoms with Crippen molar-refractivity contribution in [2.24, 2.45) is 5.84 Å². The van der Waals surface area contributed by atoms with Gasteiger partial charge in [0.2, 0.25) is 0 Å². The van der Waals surface area contributed by atoms with Gasteiger partial charge in [0.05, 0.1) is 5.60 Å². The molecule has 4 heteroatoms. The largest absolute Gasteiger partial charge is 0.381 e.